The SMILES string of the molecule is O=C(CCl)c1cc(I)cc(F)c1I. The van der Waals surface area contributed by atoms with Gasteiger partial charge in [0.05, 0.1) is 9.45 Å². The smallest absolute Gasteiger partial charge is 0.178 e. The highest BCUT2D eigenvalue weighted by atomic mass is 127. The van der Waals surface area contributed by atoms with Gasteiger partial charge >= 0.3 is 0 Å². The van der Waals surface area contributed by atoms with Gasteiger partial charge in [0.2, 0.25) is 0 Å². The fraction of sp³-hybridized carbons (Fsp3) is 0.125. The van der Waals surface area contributed by atoms with Crippen molar-refractivity contribution in [3.05, 3.63) is 30.7 Å². The first-order chi connectivity index (χ1) is 6.06. The van der Waals surface area contributed by atoms with Crippen LogP contribution in [0.2, 0.25) is 0 Å². The number of benzene rings is 1. The predicted octanol–water partition coefficient (Wildman–Crippen LogP) is 3.46. The summed E-state index contributed by atoms with van der Waals surface area (Å²) in [4.78, 5) is 11.2. The highest BCUT2D eigenvalue weighted by Gasteiger charge is 2.13. The van der Waals surface area contributed by atoms with Crippen LogP contribution in [0.4, 0.5) is 4.39 Å². The Morgan fingerprint density at radius 2 is 2.08 bits per heavy atom. The zero-order chi connectivity index (χ0) is 10.0. The monoisotopic (exact) mass is 424 g/mol. The van der Waals surface area contributed by atoms with Crippen LogP contribution in [0.25, 0.3) is 0 Å². The van der Waals surface area contributed by atoms with Crippen LogP contribution in [0.15, 0.2) is 12.1 Å². The zero-order valence-corrected chi connectivity index (χ0v) is 11.4. The van der Waals surface area contributed by atoms with Crippen molar-refractivity contribution < 1.29 is 9.18 Å². The number of ketones is 1. The molecule has 13 heavy (non-hydrogen) atoms. The molecule has 0 saturated carbocycles. The molecular formula is C8H4ClFI2O. The van der Waals surface area contributed by atoms with Crippen LogP contribution in [0.1, 0.15) is 10.4 Å². The van der Waals surface area contributed by atoms with Gasteiger partial charge in [0.15, 0.2) is 5.78 Å². The van der Waals surface area contributed by atoms with Gasteiger partial charge < -0.3 is 0 Å². The van der Waals surface area contributed by atoms with Gasteiger partial charge in [0.25, 0.3) is 0 Å². The molecule has 1 rings (SSSR count). The molecule has 5 heteroatoms. The molecule has 1 nitrogen and oxygen atoms in total. The van der Waals surface area contributed by atoms with Crippen molar-refractivity contribution >= 4 is 62.6 Å². The maximum Gasteiger partial charge on any atom is 0.178 e. The first kappa shape index (κ1) is 11.6. The summed E-state index contributed by atoms with van der Waals surface area (Å²) < 4.78 is 14.2. The van der Waals surface area contributed by atoms with E-state index in [1.807, 2.05) is 22.6 Å². The second kappa shape index (κ2) is 4.88. The van der Waals surface area contributed by atoms with E-state index in [1.54, 1.807) is 28.7 Å². The summed E-state index contributed by atoms with van der Waals surface area (Å²) in [5.41, 5.74) is 0.361. The quantitative estimate of drug-likeness (QED) is 0.308. The number of Topliss-reactive ketones (excluding diaryl/α,β-unsaturated/α-hetero) is 1. The minimum Gasteiger partial charge on any atom is -0.293 e. The Labute approximate surface area is 107 Å². The lowest BCUT2D eigenvalue weighted by molar-refractivity contribution is 0.101. The molecule has 0 N–H and O–H groups in total. The van der Waals surface area contributed by atoms with E-state index in [0.29, 0.717) is 12.7 Å². The topological polar surface area (TPSA) is 17.1 Å². The molecular weight excluding hydrogens is 420 g/mol. The third-order valence-corrected chi connectivity index (χ3v) is 3.38. The molecule has 0 spiro atoms. The number of rotatable bonds is 2. The number of hydrogen-bond donors (Lipinski definition) is 0. The van der Waals surface area contributed by atoms with Crippen LogP contribution in [-0.2, 0) is 0 Å². The van der Waals surface area contributed by atoms with Crippen LogP contribution in [0, 0.1) is 13.0 Å². The summed E-state index contributed by atoms with van der Waals surface area (Å²) in [7, 11) is 0. The lowest BCUT2D eigenvalue weighted by Gasteiger charge is -2.03. The summed E-state index contributed by atoms with van der Waals surface area (Å²) >= 11 is 9.15. The fourth-order valence-corrected chi connectivity index (χ4v) is 2.17. The molecule has 0 bridgehead atoms. The van der Waals surface area contributed by atoms with E-state index in [-0.39, 0.29) is 17.5 Å². The van der Waals surface area contributed by atoms with Crippen molar-refractivity contribution in [2.24, 2.45) is 0 Å². The molecule has 0 amide bonds. The number of alkyl halides is 1. The molecule has 1 aromatic carbocycles. The van der Waals surface area contributed by atoms with Crippen LogP contribution in [0.5, 0.6) is 0 Å². The van der Waals surface area contributed by atoms with Gasteiger partial charge in [-0.05, 0) is 57.3 Å². The Bertz CT molecular complexity index is 354. The minimum absolute atomic E-state index is 0.116. The van der Waals surface area contributed by atoms with Crippen LogP contribution in [-0.4, -0.2) is 11.7 Å². The van der Waals surface area contributed by atoms with E-state index < -0.39 is 0 Å². The minimum atomic E-state index is -0.374. The average Bonchev–Trinajstić information content (AvgIpc) is 2.10. The molecule has 0 aliphatic carbocycles. The standard InChI is InChI=1S/C8H4ClFI2O/c9-3-7(13)5-1-4(11)2-6(10)8(5)12/h1-2H,3H2. The van der Waals surface area contributed by atoms with Gasteiger partial charge in [-0.15, -0.1) is 11.6 Å². The van der Waals surface area contributed by atoms with E-state index in [0.717, 1.165) is 0 Å². The average molecular weight is 424 g/mol. The molecule has 0 aromatic heterocycles. The molecule has 0 aliphatic rings. The van der Waals surface area contributed by atoms with Crippen LogP contribution >= 0.6 is 56.8 Å². The Hall–Kier alpha value is 0.570. The summed E-state index contributed by atoms with van der Waals surface area (Å²) in [5.74, 6) is -0.736. The highest BCUT2D eigenvalue weighted by Crippen LogP contribution is 2.20. The molecule has 0 fully saturated rings. The molecule has 70 valence electrons. The van der Waals surface area contributed by atoms with E-state index in [2.05, 4.69) is 0 Å². The van der Waals surface area contributed by atoms with E-state index in [1.165, 1.54) is 6.07 Å². The summed E-state index contributed by atoms with van der Waals surface area (Å²) in [6.45, 7) is 0. The summed E-state index contributed by atoms with van der Waals surface area (Å²) in [6, 6.07) is 3.02. The summed E-state index contributed by atoms with van der Waals surface area (Å²) in [6.07, 6.45) is 0. The Kier molecular flexibility index (Phi) is 4.37. The highest BCUT2D eigenvalue weighted by molar-refractivity contribution is 14.1. The molecule has 0 unspecified atom stereocenters. The second-order valence-electron chi connectivity index (χ2n) is 2.31. The summed E-state index contributed by atoms with van der Waals surface area (Å²) in [5, 5.41) is 0. The zero-order valence-electron chi connectivity index (χ0n) is 6.28. The number of halogens is 4. The molecule has 0 radical (unpaired) electrons. The Morgan fingerprint density at radius 3 is 2.62 bits per heavy atom. The number of carbonyl (C=O) groups is 1. The molecule has 0 atom stereocenters. The van der Waals surface area contributed by atoms with Crippen molar-refractivity contribution in [1.82, 2.24) is 0 Å². The van der Waals surface area contributed by atoms with Crippen molar-refractivity contribution in [3.8, 4) is 0 Å². The lowest BCUT2D eigenvalue weighted by Crippen LogP contribution is -2.05. The lowest BCUT2D eigenvalue weighted by atomic mass is 10.1. The third kappa shape index (κ3) is 2.76. The van der Waals surface area contributed by atoms with Gasteiger partial charge in [0, 0.05) is 9.13 Å². The second-order valence-corrected chi connectivity index (χ2v) is 4.90. The van der Waals surface area contributed by atoms with E-state index in [4.69, 9.17) is 11.6 Å². The van der Waals surface area contributed by atoms with Crippen molar-refractivity contribution in [2.75, 3.05) is 5.88 Å². The van der Waals surface area contributed by atoms with E-state index >= 15 is 0 Å². The van der Waals surface area contributed by atoms with Crippen molar-refractivity contribution in [3.63, 3.8) is 0 Å². The van der Waals surface area contributed by atoms with Crippen LogP contribution < -0.4 is 0 Å². The molecule has 1 aromatic rings. The predicted molar refractivity (Wildman–Crippen MR) is 66.9 cm³/mol. The van der Waals surface area contributed by atoms with E-state index in [9.17, 15) is 9.18 Å². The fourth-order valence-electron chi connectivity index (χ4n) is 0.831. The normalized spacial score (nSPS) is 10.2. The largest absolute Gasteiger partial charge is 0.293 e. The number of hydrogen-bond acceptors (Lipinski definition) is 1. The van der Waals surface area contributed by atoms with Gasteiger partial charge in [-0.3, -0.25) is 4.79 Å². The molecule has 0 saturated heterocycles. The first-order valence-corrected chi connectivity index (χ1v) is 5.99. The Morgan fingerprint density at radius 1 is 1.46 bits per heavy atom. The molecule has 0 heterocycles. The van der Waals surface area contributed by atoms with Gasteiger partial charge in [-0.25, -0.2) is 4.39 Å². The Balaban J connectivity index is 3.28. The van der Waals surface area contributed by atoms with Gasteiger partial charge in [-0.1, -0.05) is 0 Å². The van der Waals surface area contributed by atoms with Gasteiger partial charge in [0.1, 0.15) is 5.82 Å². The van der Waals surface area contributed by atoms with Crippen LogP contribution in [0.3, 0.4) is 0 Å². The van der Waals surface area contributed by atoms with Crippen molar-refractivity contribution in [2.45, 2.75) is 0 Å². The first-order valence-electron chi connectivity index (χ1n) is 3.30. The third-order valence-electron chi connectivity index (χ3n) is 1.41. The number of carbonyl (C=O) groups excluding carboxylic acids is 1. The van der Waals surface area contributed by atoms with Crippen molar-refractivity contribution in [1.29, 1.82) is 0 Å². The molecule has 0 aliphatic heterocycles. The maximum atomic E-state index is 13.1. The maximum absolute atomic E-state index is 13.1. The van der Waals surface area contributed by atoms with Gasteiger partial charge in [-0.2, -0.15) is 0 Å².